The topological polar surface area (TPSA) is 69.2 Å². The number of aliphatic carboxylic acids is 1. The van der Waals surface area contributed by atoms with Crippen LogP contribution in [-0.2, 0) is 9.59 Å². The first kappa shape index (κ1) is 15.8. The molecule has 0 saturated carbocycles. The van der Waals surface area contributed by atoms with Gasteiger partial charge in [-0.25, -0.2) is 0 Å². The van der Waals surface area contributed by atoms with Crippen LogP contribution in [0.25, 0.3) is 0 Å². The first-order valence-electron chi connectivity index (χ1n) is 6.81. The van der Waals surface area contributed by atoms with E-state index in [9.17, 15) is 14.7 Å². The van der Waals surface area contributed by atoms with E-state index in [4.69, 9.17) is 0 Å². The molecule has 0 saturated heterocycles. The van der Waals surface area contributed by atoms with Gasteiger partial charge in [0.2, 0.25) is 5.91 Å². The third-order valence-electron chi connectivity index (χ3n) is 4.02. The van der Waals surface area contributed by atoms with Gasteiger partial charge in [0.1, 0.15) is 0 Å². The Morgan fingerprint density at radius 2 is 1.62 bits per heavy atom. The SMILES string of the molecule is CC1=C(C)C[C@H](C(=O)Nc2ccc(Br)cc2)[C@@H](C(=O)[O-])C1. The molecule has 0 heterocycles. The number of carboxylic acids is 1. The fourth-order valence-corrected chi connectivity index (χ4v) is 2.85. The van der Waals surface area contributed by atoms with Crippen molar-refractivity contribution in [3.63, 3.8) is 0 Å². The molecule has 21 heavy (non-hydrogen) atoms. The lowest BCUT2D eigenvalue weighted by molar-refractivity contribution is -0.313. The Kier molecular flexibility index (Phi) is 4.83. The van der Waals surface area contributed by atoms with Gasteiger partial charge in [0, 0.05) is 22.0 Å². The van der Waals surface area contributed by atoms with Gasteiger partial charge in [-0.1, -0.05) is 27.1 Å². The van der Waals surface area contributed by atoms with Gasteiger partial charge < -0.3 is 15.2 Å². The summed E-state index contributed by atoms with van der Waals surface area (Å²) in [6.45, 7) is 3.86. The number of hydrogen-bond acceptors (Lipinski definition) is 3. The number of carbonyl (C=O) groups is 2. The van der Waals surface area contributed by atoms with Crippen LogP contribution in [-0.4, -0.2) is 11.9 Å². The highest BCUT2D eigenvalue weighted by Gasteiger charge is 2.33. The van der Waals surface area contributed by atoms with Crippen molar-refractivity contribution < 1.29 is 14.7 Å². The maximum atomic E-state index is 12.4. The largest absolute Gasteiger partial charge is 0.550 e. The van der Waals surface area contributed by atoms with Crippen LogP contribution in [0.1, 0.15) is 26.7 Å². The van der Waals surface area contributed by atoms with Crippen LogP contribution in [0.5, 0.6) is 0 Å². The van der Waals surface area contributed by atoms with Crippen molar-refractivity contribution in [1.29, 1.82) is 0 Å². The monoisotopic (exact) mass is 350 g/mol. The lowest BCUT2D eigenvalue weighted by Gasteiger charge is -2.32. The van der Waals surface area contributed by atoms with Crippen molar-refractivity contribution in [1.82, 2.24) is 0 Å². The summed E-state index contributed by atoms with van der Waals surface area (Å²) in [5, 5.41) is 14.1. The first-order valence-corrected chi connectivity index (χ1v) is 7.60. The molecule has 1 aliphatic carbocycles. The van der Waals surface area contributed by atoms with E-state index in [1.165, 1.54) is 0 Å². The molecule has 0 aliphatic heterocycles. The second kappa shape index (κ2) is 6.43. The number of benzene rings is 1. The summed E-state index contributed by atoms with van der Waals surface area (Å²) in [5.74, 6) is -2.76. The van der Waals surface area contributed by atoms with Crippen molar-refractivity contribution in [2.24, 2.45) is 11.8 Å². The fraction of sp³-hybridized carbons (Fsp3) is 0.375. The molecule has 112 valence electrons. The highest BCUT2D eigenvalue weighted by molar-refractivity contribution is 9.10. The number of halogens is 1. The molecular weight excluding hydrogens is 334 g/mol. The van der Waals surface area contributed by atoms with Gasteiger partial charge in [0.15, 0.2) is 0 Å². The molecular formula is C16H17BrNO3-. The van der Waals surface area contributed by atoms with Crippen LogP contribution in [0.15, 0.2) is 39.9 Å². The Hall–Kier alpha value is -1.62. The van der Waals surface area contributed by atoms with Crippen LogP contribution in [0.3, 0.4) is 0 Å². The molecule has 0 fully saturated rings. The van der Waals surface area contributed by atoms with Crippen LogP contribution in [0.4, 0.5) is 5.69 Å². The Morgan fingerprint density at radius 1 is 1.10 bits per heavy atom. The third-order valence-corrected chi connectivity index (χ3v) is 4.55. The Labute approximate surface area is 132 Å². The average molecular weight is 351 g/mol. The zero-order valence-corrected chi connectivity index (χ0v) is 13.6. The minimum absolute atomic E-state index is 0.265. The summed E-state index contributed by atoms with van der Waals surface area (Å²) in [4.78, 5) is 23.7. The molecule has 0 spiro atoms. The number of nitrogens with one attached hydrogen (secondary N) is 1. The van der Waals surface area contributed by atoms with E-state index in [-0.39, 0.29) is 5.91 Å². The van der Waals surface area contributed by atoms with Gasteiger partial charge in [0.25, 0.3) is 0 Å². The molecule has 2 rings (SSSR count). The molecule has 5 heteroatoms. The van der Waals surface area contributed by atoms with Gasteiger partial charge in [-0.3, -0.25) is 4.79 Å². The van der Waals surface area contributed by atoms with Crippen LogP contribution in [0.2, 0.25) is 0 Å². The number of anilines is 1. The predicted molar refractivity (Wildman–Crippen MR) is 82.4 cm³/mol. The van der Waals surface area contributed by atoms with Crippen molar-refractivity contribution >= 4 is 33.5 Å². The molecule has 1 amide bonds. The summed E-state index contributed by atoms with van der Waals surface area (Å²) in [5.41, 5.74) is 2.78. The number of rotatable bonds is 3. The molecule has 0 aromatic heterocycles. The second-order valence-electron chi connectivity index (χ2n) is 5.50. The number of amides is 1. The van der Waals surface area contributed by atoms with Crippen molar-refractivity contribution in [2.75, 3.05) is 5.32 Å². The van der Waals surface area contributed by atoms with Gasteiger partial charge in [-0.2, -0.15) is 0 Å². The van der Waals surface area contributed by atoms with Crippen LogP contribution in [0, 0.1) is 11.8 Å². The number of carbonyl (C=O) groups excluding carboxylic acids is 2. The zero-order chi connectivity index (χ0) is 15.6. The predicted octanol–water partition coefficient (Wildman–Crippen LogP) is 2.50. The van der Waals surface area contributed by atoms with E-state index in [2.05, 4.69) is 21.2 Å². The van der Waals surface area contributed by atoms with Crippen molar-refractivity contribution in [3.8, 4) is 0 Å². The Balaban J connectivity index is 2.16. The summed E-state index contributed by atoms with van der Waals surface area (Å²) < 4.78 is 0.917. The molecule has 1 aromatic rings. The van der Waals surface area contributed by atoms with E-state index >= 15 is 0 Å². The molecule has 1 N–H and O–H groups in total. The Bertz CT molecular complexity index is 592. The molecule has 1 aliphatic rings. The normalized spacial score (nSPS) is 22.0. The van der Waals surface area contributed by atoms with Gasteiger partial charge in [-0.05, 0) is 51.0 Å². The minimum Gasteiger partial charge on any atom is -0.550 e. The molecule has 2 atom stereocenters. The second-order valence-corrected chi connectivity index (χ2v) is 6.41. The lowest BCUT2D eigenvalue weighted by Crippen LogP contribution is -2.42. The van der Waals surface area contributed by atoms with Gasteiger partial charge in [0.05, 0.1) is 5.92 Å². The van der Waals surface area contributed by atoms with Crippen LogP contribution >= 0.6 is 15.9 Å². The lowest BCUT2D eigenvalue weighted by atomic mass is 9.76. The summed E-state index contributed by atoms with van der Waals surface area (Å²) >= 11 is 3.33. The van der Waals surface area contributed by atoms with Crippen molar-refractivity contribution in [3.05, 3.63) is 39.9 Å². The first-order chi connectivity index (χ1) is 9.88. The van der Waals surface area contributed by atoms with Gasteiger partial charge >= 0.3 is 0 Å². The van der Waals surface area contributed by atoms with E-state index in [0.29, 0.717) is 18.5 Å². The summed E-state index contributed by atoms with van der Waals surface area (Å²) in [7, 11) is 0. The van der Waals surface area contributed by atoms with E-state index in [1.54, 1.807) is 12.1 Å². The number of carboxylic acid groups (broad SMARTS) is 1. The molecule has 0 radical (unpaired) electrons. The maximum Gasteiger partial charge on any atom is 0.228 e. The third kappa shape index (κ3) is 3.73. The van der Waals surface area contributed by atoms with Gasteiger partial charge in [-0.15, -0.1) is 0 Å². The highest BCUT2D eigenvalue weighted by Crippen LogP contribution is 2.34. The molecule has 1 aromatic carbocycles. The van der Waals surface area contributed by atoms with E-state index in [0.717, 1.165) is 15.6 Å². The zero-order valence-electron chi connectivity index (χ0n) is 12.0. The van der Waals surface area contributed by atoms with E-state index < -0.39 is 17.8 Å². The molecule has 0 unspecified atom stereocenters. The number of hydrogen-bond donors (Lipinski definition) is 1. The summed E-state index contributed by atoms with van der Waals surface area (Å²) in [6.07, 6.45) is 0.847. The molecule has 0 bridgehead atoms. The quantitative estimate of drug-likeness (QED) is 0.851. The van der Waals surface area contributed by atoms with E-state index in [1.807, 2.05) is 26.0 Å². The van der Waals surface area contributed by atoms with Crippen LogP contribution < -0.4 is 10.4 Å². The van der Waals surface area contributed by atoms with Crippen molar-refractivity contribution in [2.45, 2.75) is 26.7 Å². The fourth-order valence-electron chi connectivity index (χ4n) is 2.58. The maximum absolute atomic E-state index is 12.4. The molecule has 4 nitrogen and oxygen atoms in total. The number of allylic oxidation sites excluding steroid dienone is 2. The smallest absolute Gasteiger partial charge is 0.228 e. The highest BCUT2D eigenvalue weighted by atomic mass is 79.9. The Morgan fingerprint density at radius 3 is 2.14 bits per heavy atom. The summed E-state index contributed by atoms with van der Waals surface area (Å²) in [6, 6.07) is 7.18. The minimum atomic E-state index is -1.15. The average Bonchev–Trinajstić information content (AvgIpc) is 2.43. The standard InChI is InChI=1S/C16H18BrNO3/c1-9-7-13(14(16(20)21)8-10(9)2)15(19)18-12-5-3-11(17)4-6-12/h3-6,13-14H,7-8H2,1-2H3,(H,18,19)(H,20,21)/p-1/t13-,14-/m0/s1.